The van der Waals surface area contributed by atoms with Crippen LogP contribution in [0.25, 0.3) is 0 Å². The van der Waals surface area contributed by atoms with Crippen LogP contribution >= 0.6 is 0 Å². The normalized spacial score (nSPS) is 16.4. The molecule has 0 N–H and O–H groups in total. The van der Waals surface area contributed by atoms with Gasteiger partial charge in [-0.05, 0) is 27.7 Å². The second kappa shape index (κ2) is 4.72. The summed E-state index contributed by atoms with van der Waals surface area (Å²) in [5.74, 6) is 0.105. The minimum absolute atomic E-state index is 0.139. The Morgan fingerprint density at radius 1 is 1.44 bits per heavy atom. The third kappa shape index (κ3) is 2.41. The van der Waals surface area contributed by atoms with Gasteiger partial charge in [-0.3, -0.25) is 4.90 Å². The van der Waals surface area contributed by atoms with E-state index in [1.807, 2.05) is 4.57 Å². The van der Waals surface area contributed by atoms with Crippen LogP contribution in [0.5, 0.6) is 0 Å². The average molecular weight is 251 g/mol. The van der Waals surface area contributed by atoms with Crippen LogP contribution in [0.15, 0.2) is 6.20 Å². The van der Waals surface area contributed by atoms with Crippen LogP contribution in [-0.4, -0.2) is 39.1 Å². The summed E-state index contributed by atoms with van der Waals surface area (Å²) < 4.78 is 6.98. The molecule has 5 nitrogen and oxygen atoms in total. The number of hydrogen-bond donors (Lipinski definition) is 0. The SMILES string of the molecule is CCOC(=O)c1ncc2n1CCN(C(C)(C)C)C2. The fourth-order valence-electron chi connectivity index (χ4n) is 2.21. The molecule has 5 heteroatoms. The first-order chi connectivity index (χ1) is 8.43. The number of imidazole rings is 1. The largest absolute Gasteiger partial charge is 0.460 e. The summed E-state index contributed by atoms with van der Waals surface area (Å²) in [4.78, 5) is 18.3. The van der Waals surface area contributed by atoms with E-state index < -0.39 is 0 Å². The summed E-state index contributed by atoms with van der Waals surface area (Å²) >= 11 is 0. The fourth-order valence-corrected chi connectivity index (χ4v) is 2.21. The number of ether oxygens (including phenoxy) is 1. The number of hydrogen-bond acceptors (Lipinski definition) is 4. The van der Waals surface area contributed by atoms with Crippen molar-refractivity contribution in [3.63, 3.8) is 0 Å². The van der Waals surface area contributed by atoms with Gasteiger partial charge in [-0.15, -0.1) is 0 Å². The summed E-state index contributed by atoms with van der Waals surface area (Å²) in [7, 11) is 0. The minimum atomic E-state index is -0.326. The fraction of sp³-hybridized carbons (Fsp3) is 0.692. The zero-order chi connectivity index (χ0) is 13.3. The van der Waals surface area contributed by atoms with Crippen LogP contribution in [-0.2, 0) is 17.8 Å². The Hall–Kier alpha value is -1.36. The van der Waals surface area contributed by atoms with Crippen molar-refractivity contribution in [3.05, 3.63) is 17.7 Å². The van der Waals surface area contributed by atoms with Gasteiger partial charge in [0.1, 0.15) is 0 Å². The highest BCUT2D eigenvalue weighted by Gasteiger charge is 2.28. The first-order valence-electron chi connectivity index (χ1n) is 6.40. The Balaban J connectivity index is 2.20. The first-order valence-corrected chi connectivity index (χ1v) is 6.40. The molecule has 0 unspecified atom stereocenters. The van der Waals surface area contributed by atoms with Gasteiger partial charge in [0.05, 0.1) is 18.5 Å². The van der Waals surface area contributed by atoms with E-state index in [9.17, 15) is 4.79 Å². The Labute approximate surface area is 108 Å². The van der Waals surface area contributed by atoms with Gasteiger partial charge in [-0.1, -0.05) is 0 Å². The predicted molar refractivity (Wildman–Crippen MR) is 68.3 cm³/mol. The number of carbonyl (C=O) groups excluding carboxylic acids is 1. The standard InChI is InChI=1S/C13H21N3O2/c1-5-18-12(17)11-14-8-10-9-15(13(2,3)4)6-7-16(10)11/h8H,5-7,9H2,1-4H3. The van der Waals surface area contributed by atoms with Crippen molar-refractivity contribution < 1.29 is 9.53 Å². The van der Waals surface area contributed by atoms with Gasteiger partial charge in [0.15, 0.2) is 0 Å². The monoisotopic (exact) mass is 251 g/mol. The molecule has 100 valence electrons. The molecule has 18 heavy (non-hydrogen) atoms. The molecule has 0 radical (unpaired) electrons. The molecule has 1 aromatic rings. The molecular weight excluding hydrogens is 230 g/mol. The van der Waals surface area contributed by atoms with Gasteiger partial charge in [0.2, 0.25) is 5.82 Å². The van der Waals surface area contributed by atoms with Gasteiger partial charge in [-0.2, -0.15) is 0 Å². The Morgan fingerprint density at radius 2 is 2.17 bits per heavy atom. The van der Waals surface area contributed by atoms with Gasteiger partial charge < -0.3 is 9.30 Å². The summed E-state index contributed by atoms with van der Waals surface area (Å²) in [5, 5.41) is 0. The van der Waals surface area contributed by atoms with E-state index in [4.69, 9.17) is 4.74 Å². The number of fused-ring (bicyclic) bond motifs is 1. The Morgan fingerprint density at radius 3 is 2.78 bits per heavy atom. The molecule has 0 aromatic carbocycles. The molecule has 0 amide bonds. The molecule has 1 aliphatic rings. The van der Waals surface area contributed by atoms with Crippen molar-refractivity contribution in [1.82, 2.24) is 14.5 Å². The van der Waals surface area contributed by atoms with Gasteiger partial charge in [-0.25, -0.2) is 9.78 Å². The third-order valence-corrected chi connectivity index (χ3v) is 3.29. The number of nitrogens with zero attached hydrogens (tertiary/aromatic N) is 3. The second-order valence-corrected chi connectivity index (χ2v) is 5.54. The molecule has 0 aliphatic carbocycles. The number of carbonyl (C=O) groups is 1. The van der Waals surface area contributed by atoms with Crippen molar-refractivity contribution in [2.75, 3.05) is 13.2 Å². The summed E-state index contributed by atoms with van der Waals surface area (Å²) in [5.41, 5.74) is 1.22. The maximum Gasteiger partial charge on any atom is 0.374 e. The molecule has 2 rings (SSSR count). The van der Waals surface area contributed by atoms with Crippen LogP contribution in [0.3, 0.4) is 0 Å². The predicted octanol–water partition coefficient (Wildman–Crippen LogP) is 1.67. The lowest BCUT2D eigenvalue weighted by molar-refractivity contribution is 0.0496. The van der Waals surface area contributed by atoms with E-state index in [0.29, 0.717) is 12.4 Å². The molecule has 1 aromatic heterocycles. The highest BCUT2D eigenvalue weighted by atomic mass is 16.5. The van der Waals surface area contributed by atoms with Crippen molar-refractivity contribution in [3.8, 4) is 0 Å². The summed E-state index contributed by atoms with van der Waals surface area (Å²) in [6.07, 6.45) is 1.78. The van der Waals surface area contributed by atoms with E-state index in [2.05, 4.69) is 30.7 Å². The number of rotatable bonds is 2. The van der Waals surface area contributed by atoms with Crippen molar-refractivity contribution in [2.24, 2.45) is 0 Å². The average Bonchev–Trinajstić information content (AvgIpc) is 2.70. The second-order valence-electron chi connectivity index (χ2n) is 5.54. The van der Waals surface area contributed by atoms with Gasteiger partial charge in [0.25, 0.3) is 0 Å². The van der Waals surface area contributed by atoms with Crippen LogP contribution in [0.2, 0.25) is 0 Å². The summed E-state index contributed by atoms with van der Waals surface area (Å²) in [6, 6.07) is 0. The van der Waals surface area contributed by atoms with Gasteiger partial charge in [0, 0.05) is 25.2 Å². The zero-order valence-corrected chi connectivity index (χ0v) is 11.6. The van der Waals surface area contributed by atoms with E-state index >= 15 is 0 Å². The molecule has 1 aliphatic heterocycles. The minimum Gasteiger partial charge on any atom is -0.460 e. The molecular formula is C13H21N3O2. The van der Waals surface area contributed by atoms with E-state index in [1.165, 1.54) is 0 Å². The van der Waals surface area contributed by atoms with Crippen LogP contribution in [0.1, 0.15) is 44.0 Å². The molecule has 0 spiro atoms. The topological polar surface area (TPSA) is 47.4 Å². The number of esters is 1. The van der Waals surface area contributed by atoms with E-state index in [1.54, 1.807) is 13.1 Å². The van der Waals surface area contributed by atoms with Gasteiger partial charge >= 0.3 is 5.97 Å². The molecule has 0 fully saturated rings. The Kier molecular flexibility index (Phi) is 3.43. The lowest BCUT2D eigenvalue weighted by atomic mass is 10.0. The lowest BCUT2D eigenvalue weighted by Gasteiger charge is -2.38. The van der Waals surface area contributed by atoms with Crippen LogP contribution in [0, 0.1) is 0 Å². The Bertz CT molecular complexity index is 446. The molecule has 0 bridgehead atoms. The molecule has 0 saturated heterocycles. The van der Waals surface area contributed by atoms with Crippen molar-refractivity contribution in [2.45, 2.75) is 46.3 Å². The van der Waals surface area contributed by atoms with Crippen molar-refractivity contribution in [1.29, 1.82) is 0 Å². The van der Waals surface area contributed by atoms with Crippen molar-refractivity contribution >= 4 is 5.97 Å². The highest BCUT2D eigenvalue weighted by molar-refractivity contribution is 5.85. The smallest absolute Gasteiger partial charge is 0.374 e. The van der Waals surface area contributed by atoms with E-state index in [-0.39, 0.29) is 11.5 Å². The van der Waals surface area contributed by atoms with Crippen LogP contribution < -0.4 is 0 Å². The maximum absolute atomic E-state index is 11.7. The third-order valence-electron chi connectivity index (χ3n) is 3.29. The quantitative estimate of drug-likeness (QED) is 0.750. The van der Waals surface area contributed by atoms with Crippen LogP contribution in [0.4, 0.5) is 0 Å². The highest BCUT2D eigenvalue weighted by Crippen LogP contribution is 2.22. The number of aromatic nitrogens is 2. The van der Waals surface area contributed by atoms with E-state index in [0.717, 1.165) is 25.3 Å². The zero-order valence-electron chi connectivity index (χ0n) is 11.6. The summed E-state index contributed by atoms with van der Waals surface area (Å²) in [6.45, 7) is 11.3. The lowest BCUT2D eigenvalue weighted by Crippen LogP contribution is -2.46. The maximum atomic E-state index is 11.7. The first kappa shape index (κ1) is 13.1. The molecule has 0 atom stereocenters. The molecule has 0 saturated carbocycles. The molecule has 2 heterocycles.